The van der Waals surface area contributed by atoms with Crippen LogP contribution < -0.4 is 10.6 Å². The van der Waals surface area contributed by atoms with Crippen LogP contribution in [-0.2, 0) is 4.79 Å². The van der Waals surface area contributed by atoms with Gasteiger partial charge in [0.15, 0.2) is 0 Å². The topological polar surface area (TPSA) is 41.1 Å². The van der Waals surface area contributed by atoms with E-state index in [-0.39, 0.29) is 5.92 Å². The second-order valence-electron chi connectivity index (χ2n) is 6.23. The third kappa shape index (κ3) is 2.22. The Bertz CT molecular complexity index is 299. The normalized spacial score (nSPS) is 38.5. The van der Waals surface area contributed by atoms with Gasteiger partial charge in [-0.25, -0.2) is 0 Å². The highest BCUT2D eigenvalue weighted by molar-refractivity contribution is 5.80. The first kappa shape index (κ1) is 11.5. The van der Waals surface area contributed by atoms with Gasteiger partial charge in [0.2, 0.25) is 5.91 Å². The average molecular weight is 236 g/mol. The Labute approximate surface area is 104 Å². The molecule has 3 nitrogen and oxygen atoms in total. The molecule has 2 aliphatic heterocycles. The Morgan fingerprint density at radius 3 is 2.59 bits per heavy atom. The quantitative estimate of drug-likeness (QED) is 0.785. The van der Waals surface area contributed by atoms with Gasteiger partial charge in [0.25, 0.3) is 0 Å². The molecule has 3 fully saturated rings. The van der Waals surface area contributed by atoms with E-state index in [4.69, 9.17) is 0 Å². The predicted molar refractivity (Wildman–Crippen MR) is 67.6 cm³/mol. The van der Waals surface area contributed by atoms with Gasteiger partial charge < -0.3 is 10.6 Å². The lowest BCUT2D eigenvalue weighted by Gasteiger charge is -2.25. The molecule has 0 aromatic carbocycles. The molecule has 2 saturated heterocycles. The van der Waals surface area contributed by atoms with Crippen molar-refractivity contribution in [3.05, 3.63) is 0 Å². The van der Waals surface area contributed by atoms with E-state index in [1.807, 2.05) is 0 Å². The zero-order chi connectivity index (χ0) is 11.8. The molecule has 3 aliphatic rings. The van der Waals surface area contributed by atoms with Crippen molar-refractivity contribution in [2.75, 3.05) is 0 Å². The van der Waals surface area contributed by atoms with E-state index in [2.05, 4.69) is 17.6 Å². The van der Waals surface area contributed by atoms with E-state index in [1.165, 1.54) is 38.5 Å². The monoisotopic (exact) mass is 236 g/mol. The van der Waals surface area contributed by atoms with Gasteiger partial charge in [-0.2, -0.15) is 0 Å². The molecule has 1 aliphatic carbocycles. The molecular formula is C14H24N2O. The number of rotatable bonds is 3. The van der Waals surface area contributed by atoms with Crippen molar-refractivity contribution in [1.29, 1.82) is 0 Å². The minimum Gasteiger partial charge on any atom is -0.353 e. The zero-order valence-electron chi connectivity index (χ0n) is 10.7. The molecule has 3 rings (SSSR count). The molecule has 2 heterocycles. The number of carbonyl (C=O) groups is 1. The average Bonchev–Trinajstić information content (AvgIpc) is 3.05. The van der Waals surface area contributed by atoms with E-state index in [0.29, 0.717) is 24.0 Å². The summed E-state index contributed by atoms with van der Waals surface area (Å²) in [7, 11) is 0. The summed E-state index contributed by atoms with van der Waals surface area (Å²) in [6, 6.07) is 1.47. The van der Waals surface area contributed by atoms with E-state index < -0.39 is 0 Å². The fourth-order valence-corrected chi connectivity index (χ4v) is 4.02. The molecule has 4 atom stereocenters. The molecule has 2 bridgehead atoms. The van der Waals surface area contributed by atoms with Crippen molar-refractivity contribution >= 4 is 5.91 Å². The van der Waals surface area contributed by atoms with Gasteiger partial charge in [-0.3, -0.25) is 4.79 Å². The van der Waals surface area contributed by atoms with Crippen LogP contribution in [-0.4, -0.2) is 24.0 Å². The number of hydrogen-bond donors (Lipinski definition) is 2. The fourth-order valence-electron chi connectivity index (χ4n) is 4.02. The number of carbonyl (C=O) groups excluding carboxylic acids is 1. The third-order valence-corrected chi connectivity index (χ3v) is 5.11. The molecule has 0 aromatic rings. The Morgan fingerprint density at radius 1 is 1.24 bits per heavy atom. The van der Waals surface area contributed by atoms with Gasteiger partial charge in [0, 0.05) is 18.1 Å². The van der Waals surface area contributed by atoms with Crippen LogP contribution in [0.25, 0.3) is 0 Å². The molecule has 1 saturated carbocycles. The maximum Gasteiger partial charge on any atom is 0.224 e. The van der Waals surface area contributed by atoms with Gasteiger partial charge in [0.05, 0.1) is 5.92 Å². The molecule has 1 amide bonds. The van der Waals surface area contributed by atoms with E-state index in [0.717, 1.165) is 12.3 Å². The van der Waals surface area contributed by atoms with Crippen molar-refractivity contribution in [2.24, 2.45) is 11.8 Å². The largest absolute Gasteiger partial charge is 0.353 e. The molecule has 0 aromatic heterocycles. The molecule has 96 valence electrons. The smallest absolute Gasteiger partial charge is 0.224 e. The summed E-state index contributed by atoms with van der Waals surface area (Å²) < 4.78 is 0. The van der Waals surface area contributed by atoms with Gasteiger partial charge >= 0.3 is 0 Å². The lowest BCUT2D eigenvalue weighted by Crippen LogP contribution is -2.44. The van der Waals surface area contributed by atoms with Crippen molar-refractivity contribution in [1.82, 2.24) is 10.6 Å². The van der Waals surface area contributed by atoms with Crippen LogP contribution in [0, 0.1) is 11.8 Å². The Morgan fingerprint density at radius 2 is 2.00 bits per heavy atom. The van der Waals surface area contributed by atoms with Crippen LogP contribution in [0.3, 0.4) is 0 Å². The van der Waals surface area contributed by atoms with Crippen molar-refractivity contribution in [3.8, 4) is 0 Å². The number of nitrogens with one attached hydrogen (secondary N) is 2. The highest BCUT2D eigenvalue weighted by atomic mass is 16.2. The van der Waals surface area contributed by atoms with Crippen LogP contribution in [0.2, 0.25) is 0 Å². The SMILES string of the molecule is C[C@@H](NC(=O)C1CC2CCC1N2)C1CCCC1. The van der Waals surface area contributed by atoms with Gasteiger partial charge in [-0.1, -0.05) is 12.8 Å². The van der Waals surface area contributed by atoms with E-state index in [1.54, 1.807) is 0 Å². The van der Waals surface area contributed by atoms with Gasteiger partial charge in [-0.15, -0.1) is 0 Å². The summed E-state index contributed by atoms with van der Waals surface area (Å²) in [5.41, 5.74) is 0. The molecular weight excluding hydrogens is 212 g/mol. The summed E-state index contributed by atoms with van der Waals surface area (Å²) in [5, 5.41) is 6.81. The predicted octanol–water partition coefficient (Wildman–Crippen LogP) is 1.82. The van der Waals surface area contributed by atoms with Crippen molar-refractivity contribution in [3.63, 3.8) is 0 Å². The summed E-state index contributed by atoms with van der Waals surface area (Å²) >= 11 is 0. The number of fused-ring (bicyclic) bond motifs is 2. The molecule has 0 spiro atoms. The van der Waals surface area contributed by atoms with Gasteiger partial charge in [0.1, 0.15) is 0 Å². The lowest BCUT2D eigenvalue weighted by molar-refractivity contribution is -0.126. The third-order valence-electron chi connectivity index (χ3n) is 5.11. The van der Waals surface area contributed by atoms with Crippen LogP contribution in [0.4, 0.5) is 0 Å². The molecule has 3 heteroatoms. The van der Waals surface area contributed by atoms with Crippen molar-refractivity contribution in [2.45, 2.75) is 70.0 Å². The maximum absolute atomic E-state index is 12.3. The summed E-state index contributed by atoms with van der Waals surface area (Å²) in [6.07, 6.45) is 8.83. The van der Waals surface area contributed by atoms with Gasteiger partial charge in [-0.05, 0) is 44.9 Å². The van der Waals surface area contributed by atoms with Crippen LogP contribution in [0.15, 0.2) is 0 Å². The second kappa shape index (κ2) is 4.60. The molecule has 2 N–H and O–H groups in total. The minimum absolute atomic E-state index is 0.248. The summed E-state index contributed by atoms with van der Waals surface area (Å²) in [6.45, 7) is 2.19. The Hall–Kier alpha value is -0.570. The zero-order valence-corrected chi connectivity index (χ0v) is 10.7. The van der Waals surface area contributed by atoms with E-state index >= 15 is 0 Å². The van der Waals surface area contributed by atoms with Crippen LogP contribution in [0.5, 0.6) is 0 Å². The Balaban J connectivity index is 1.52. The summed E-state index contributed by atoms with van der Waals surface area (Å²) in [5.74, 6) is 1.28. The second-order valence-corrected chi connectivity index (χ2v) is 6.23. The first-order chi connectivity index (χ1) is 8.24. The highest BCUT2D eigenvalue weighted by Crippen LogP contribution is 2.34. The molecule has 17 heavy (non-hydrogen) atoms. The number of hydrogen-bond acceptors (Lipinski definition) is 2. The minimum atomic E-state index is 0.248. The van der Waals surface area contributed by atoms with Crippen LogP contribution in [0.1, 0.15) is 51.9 Å². The Kier molecular flexibility index (Phi) is 3.12. The molecule has 0 radical (unpaired) electrons. The summed E-state index contributed by atoms with van der Waals surface area (Å²) in [4.78, 5) is 12.3. The standard InChI is InChI=1S/C14H24N2O/c1-9(10-4-2-3-5-10)15-14(17)12-8-11-6-7-13(12)16-11/h9-13,16H,2-8H2,1H3,(H,15,17)/t9-,11?,12?,13?/m1/s1. The number of amides is 1. The highest BCUT2D eigenvalue weighted by Gasteiger charge is 2.43. The first-order valence-electron chi connectivity index (χ1n) is 7.30. The maximum atomic E-state index is 12.3. The van der Waals surface area contributed by atoms with Crippen LogP contribution >= 0.6 is 0 Å². The van der Waals surface area contributed by atoms with Crippen molar-refractivity contribution < 1.29 is 4.79 Å². The first-order valence-corrected chi connectivity index (χ1v) is 7.30. The van der Waals surface area contributed by atoms with E-state index in [9.17, 15) is 4.79 Å². The molecule has 3 unspecified atom stereocenters. The fraction of sp³-hybridized carbons (Fsp3) is 0.929. The lowest BCUT2D eigenvalue weighted by atomic mass is 9.88.